The number of ether oxygens (including phenoxy) is 1. The lowest BCUT2D eigenvalue weighted by atomic mass is 9.92. The van der Waals surface area contributed by atoms with Crippen LogP contribution in [-0.4, -0.2) is 86.1 Å². The Bertz CT molecular complexity index is 1070. The molecular weight excluding hydrogens is 454 g/mol. The molecule has 1 aliphatic rings. The number of rotatable bonds is 11. The minimum Gasteiger partial charge on any atom is -0.379 e. The first-order chi connectivity index (χ1) is 16.2. The van der Waals surface area contributed by atoms with Crippen LogP contribution in [0.3, 0.4) is 0 Å². The third-order valence-electron chi connectivity index (χ3n) is 6.92. The summed E-state index contributed by atoms with van der Waals surface area (Å²) < 4.78 is 33.5. The number of imidazole rings is 1. The summed E-state index contributed by atoms with van der Waals surface area (Å²) in [6.45, 7) is 8.36. The van der Waals surface area contributed by atoms with Gasteiger partial charge in [0.2, 0.25) is 15.9 Å². The van der Waals surface area contributed by atoms with Gasteiger partial charge in [0, 0.05) is 59.7 Å². The summed E-state index contributed by atoms with van der Waals surface area (Å²) in [5.41, 5.74) is 1.45. The van der Waals surface area contributed by atoms with Gasteiger partial charge in [-0.1, -0.05) is 26.7 Å². The molecule has 1 N–H and O–H groups in total. The lowest BCUT2D eigenvalue weighted by Gasteiger charge is -2.38. The molecular formula is C24H39N5O4S. The molecule has 1 aliphatic heterocycles. The van der Waals surface area contributed by atoms with Gasteiger partial charge in [0.25, 0.3) is 0 Å². The molecule has 10 heteroatoms. The van der Waals surface area contributed by atoms with Gasteiger partial charge in [-0.15, -0.1) is 0 Å². The van der Waals surface area contributed by atoms with E-state index in [1.807, 2.05) is 11.6 Å². The fraction of sp³-hybridized carbons (Fsp3) is 0.667. The van der Waals surface area contributed by atoms with E-state index in [0.29, 0.717) is 36.9 Å². The molecule has 1 atom stereocenters. The molecule has 0 aliphatic carbocycles. The number of morpholine rings is 1. The first-order valence-electron chi connectivity index (χ1n) is 12.1. The number of nitrogens with zero attached hydrogens (tertiary/aromatic N) is 4. The second-order valence-electron chi connectivity index (χ2n) is 9.12. The molecule has 190 valence electrons. The zero-order chi connectivity index (χ0) is 24.9. The highest BCUT2D eigenvalue weighted by molar-refractivity contribution is 7.89. The molecule has 1 aromatic carbocycles. The highest BCUT2D eigenvalue weighted by Crippen LogP contribution is 2.22. The minimum absolute atomic E-state index is 0.00662. The van der Waals surface area contributed by atoms with E-state index in [0.717, 1.165) is 50.5 Å². The van der Waals surface area contributed by atoms with Crippen molar-refractivity contribution < 1.29 is 17.9 Å². The summed E-state index contributed by atoms with van der Waals surface area (Å²) in [4.78, 5) is 20.0. The molecule has 2 aromatic rings. The second kappa shape index (κ2) is 11.6. The Morgan fingerprint density at radius 3 is 2.50 bits per heavy atom. The number of hydrogen-bond donors (Lipinski definition) is 1. The van der Waals surface area contributed by atoms with Crippen molar-refractivity contribution in [2.45, 2.75) is 50.5 Å². The van der Waals surface area contributed by atoms with Crippen molar-refractivity contribution in [3.05, 3.63) is 24.0 Å². The van der Waals surface area contributed by atoms with Gasteiger partial charge >= 0.3 is 0 Å². The number of fused-ring (bicyclic) bond motifs is 1. The molecule has 0 spiro atoms. The van der Waals surface area contributed by atoms with E-state index in [-0.39, 0.29) is 10.8 Å². The van der Waals surface area contributed by atoms with E-state index < -0.39 is 10.0 Å². The number of hydrogen-bond acceptors (Lipinski definition) is 6. The van der Waals surface area contributed by atoms with Gasteiger partial charge in [-0.05, 0) is 24.1 Å². The van der Waals surface area contributed by atoms with Crippen LogP contribution in [0.25, 0.3) is 11.0 Å². The number of aromatic nitrogens is 2. The van der Waals surface area contributed by atoms with Crippen molar-refractivity contribution in [2.24, 2.45) is 13.0 Å². The van der Waals surface area contributed by atoms with Crippen LogP contribution >= 0.6 is 0 Å². The number of sulfonamides is 1. The summed E-state index contributed by atoms with van der Waals surface area (Å²) in [5.74, 6) is 1.30. The molecule has 0 saturated carbocycles. The van der Waals surface area contributed by atoms with E-state index in [2.05, 4.69) is 29.0 Å². The van der Waals surface area contributed by atoms with Gasteiger partial charge < -0.3 is 14.6 Å². The van der Waals surface area contributed by atoms with E-state index in [1.54, 1.807) is 18.2 Å². The lowest BCUT2D eigenvalue weighted by Crippen LogP contribution is -2.52. The SMILES string of the molecule is CCC(CC)C(CNC(=O)CCc1nc2cc(S(=O)(=O)N(C)C)ccc2n1C)N1CCOCC1. The molecule has 1 saturated heterocycles. The predicted octanol–water partition coefficient (Wildman–Crippen LogP) is 2.01. The van der Waals surface area contributed by atoms with Crippen LogP contribution in [0.2, 0.25) is 0 Å². The first kappa shape index (κ1) is 26.6. The van der Waals surface area contributed by atoms with Gasteiger partial charge in [-0.25, -0.2) is 17.7 Å². The average molecular weight is 494 g/mol. The largest absolute Gasteiger partial charge is 0.379 e. The van der Waals surface area contributed by atoms with Gasteiger partial charge in [0.05, 0.1) is 29.1 Å². The molecule has 1 amide bonds. The first-order valence-corrected chi connectivity index (χ1v) is 13.6. The summed E-state index contributed by atoms with van der Waals surface area (Å²) in [7, 11) is 1.38. The van der Waals surface area contributed by atoms with Crippen LogP contribution in [-0.2, 0) is 33.0 Å². The molecule has 1 fully saturated rings. The van der Waals surface area contributed by atoms with E-state index in [1.165, 1.54) is 18.4 Å². The molecule has 34 heavy (non-hydrogen) atoms. The van der Waals surface area contributed by atoms with E-state index in [9.17, 15) is 13.2 Å². The van der Waals surface area contributed by atoms with Gasteiger partial charge in [0.15, 0.2) is 0 Å². The quantitative estimate of drug-likeness (QED) is 0.514. The van der Waals surface area contributed by atoms with E-state index in [4.69, 9.17) is 4.74 Å². The number of carbonyl (C=O) groups excluding carboxylic acids is 1. The predicted molar refractivity (Wildman–Crippen MR) is 133 cm³/mol. The van der Waals surface area contributed by atoms with Crippen molar-refractivity contribution in [3.63, 3.8) is 0 Å². The van der Waals surface area contributed by atoms with Crippen LogP contribution in [0.4, 0.5) is 0 Å². The minimum atomic E-state index is -3.53. The van der Waals surface area contributed by atoms with E-state index >= 15 is 0 Å². The normalized spacial score (nSPS) is 16.4. The van der Waals surface area contributed by atoms with Crippen LogP contribution < -0.4 is 5.32 Å². The summed E-state index contributed by atoms with van der Waals surface area (Å²) in [6.07, 6.45) is 2.98. The third kappa shape index (κ3) is 5.97. The van der Waals surface area contributed by atoms with Crippen molar-refractivity contribution in [3.8, 4) is 0 Å². The van der Waals surface area contributed by atoms with Gasteiger partial charge in [-0.2, -0.15) is 0 Å². The fourth-order valence-electron chi connectivity index (χ4n) is 4.69. The Morgan fingerprint density at radius 1 is 1.21 bits per heavy atom. The maximum atomic E-state index is 12.7. The van der Waals surface area contributed by atoms with Crippen LogP contribution in [0.1, 0.15) is 38.9 Å². The number of aryl methyl sites for hydroxylation is 2. The Morgan fingerprint density at radius 2 is 1.88 bits per heavy atom. The summed E-state index contributed by atoms with van der Waals surface area (Å²) in [5, 5.41) is 3.15. The second-order valence-corrected chi connectivity index (χ2v) is 11.3. The zero-order valence-electron chi connectivity index (χ0n) is 21.1. The third-order valence-corrected chi connectivity index (χ3v) is 8.73. The Labute approximate surface area is 203 Å². The number of nitrogens with one attached hydrogen (secondary N) is 1. The maximum absolute atomic E-state index is 12.7. The molecule has 3 rings (SSSR count). The monoisotopic (exact) mass is 493 g/mol. The van der Waals surface area contributed by atoms with Crippen molar-refractivity contribution >= 4 is 27.0 Å². The molecule has 2 heterocycles. The van der Waals surface area contributed by atoms with Crippen molar-refractivity contribution in [2.75, 3.05) is 46.9 Å². The highest BCUT2D eigenvalue weighted by atomic mass is 32.2. The standard InChI is InChI=1S/C24H39N5O4S/c1-6-18(7-2)22(29-12-14-33-15-13-29)17-25-24(30)11-10-23-26-20-16-19(34(31,32)27(3)4)8-9-21(20)28(23)5/h8-9,16,18,22H,6-7,10-15,17H2,1-5H3,(H,25,30). The van der Waals surface area contributed by atoms with Crippen molar-refractivity contribution in [1.82, 2.24) is 24.1 Å². The lowest BCUT2D eigenvalue weighted by molar-refractivity contribution is -0.121. The van der Waals surface area contributed by atoms with Gasteiger partial charge in [-0.3, -0.25) is 9.69 Å². The molecule has 1 aromatic heterocycles. The number of amides is 1. The van der Waals surface area contributed by atoms with Gasteiger partial charge in [0.1, 0.15) is 5.82 Å². The average Bonchev–Trinajstić information content (AvgIpc) is 3.15. The topological polar surface area (TPSA) is 96.8 Å². The van der Waals surface area contributed by atoms with Crippen LogP contribution in [0.15, 0.2) is 23.1 Å². The van der Waals surface area contributed by atoms with Crippen LogP contribution in [0.5, 0.6) is 0 Å². The Balaban J connectivity index is 1.64. The molecule has 1 unspecified atom stereocenters. The number of carbonyl (C=O) groups is 1. The highest BCUT2D eigenvalue weighted by Gasteiger charge is 2.27. The Kier molecular flexibility index (Phi) is 9.08. The smallest absolute Gasteiger partial charge is 0.242 e. The molecule has 0 radical (unpaired) electrons. The molecule has 0 bridgehead atoms. The summed E-state index contributed by atoms with van der Waals surface area (Å²) >= 11 is 0. The fourth-order valence-corrected chi connectivity index (χ4v) is 5.61. The Hall–Kier alpha value is -2.01. The summed E-state index contributed by atoms with van der Waals surface area (Å²) in [6, 6.07) is 5.27. The molecule has 9 nitrogen and oxygen atoms in total. The van der Waals surface area contributed by atoms with Crippen molar-refractivity contribution in [1.29, 1.82) is 0 Å². The number of benzene rings is 1. The zero-order valence-corrected chi connectivity index (χ0v) is 21.9. The maximum Gasteiger partial charge on any atom is 0.242 e. The van der Waals surface area contributed by atoms with Crippen LogP contribution in [0, 0.1) is 5.92 Å².